The van der Waals surface area contributed by atoms with Gasteiger partial charge in [-0.3, -0.25) is 0 Å². The van der Waals surface area contributed by atoms with E-state index in [-0.39, 0.29) is 16.3 Å². The maximum atomic E-state index is 12.2. The van der Waals surface area contributed by atoms with Crippen LogP contribution in [-0.2, 0) is 9.84 Å². The summed E-state index contributed by atoms with van der Waals surface area (Å²) in [6.07, 6.45) is 0. The van der Waals surface area contributed by atoms with Gasteiger partial charge in [0.05, 0.1) is 16.3 Å². The minimum Gasteiger partial charge on any atom is -0.380 e. The van der Waals surface area contributed by atoms with Crippen LogP contribution in [0.5, 0.6) is 0 Å². The van der Waals surface area contributed by atoms with Gasteiger partial charge in [0.25, 0.3) is 0 Å². The molecule has 3 nitrogen and oxygen atoms in total. The van der Waals surface area contributed by atoms with Gasteiger partial charge < -0.3 is 5.32 Å². The highest BCUT2D eigenvalue weighted by molar-refractivity contribution is 7.95. The lowest BCUT2D eigenvalue weighted by molar-refractivity contribution is 0.601. The van der Waals surface area contributed by atoms with E-state index in [2.05, 4.69) is 11.9 Å². The third-order valence-electron chi connectivity index (χ3n) is 2.77. The van der Waals surface area contributed by atoms with E-state index in [1.54, 1.807) is 54.6 Å². The van der Waals surface area contributed by atoms with Gasteiger partial charge in [0.15, 0.2) is 0 Å². The third kappa shape index (κ3) is 3.40. The van der Waals surface area contributed by atoms with Gasteiger partial charge in [-0.1, -0.05) is 36.4 Å². The Balaban J connectivity index is 2.07. The molecular weight excluding hydrogens is 294 g/mol. The van der Waals surface area contributed by atoms with Crippen molar-refractivity contribution in [3.05, 3.63) is 71.1 Å². The monoisotopic (exact) mass is 307 g/mol. The molecule has 0 saturated heterocycles. The van der Waals surface area contributed by atoms with Crippen molar-refractivity contribution in [1.82, 2.24) is 0 Å². The van der Waals surface area contributed by atoms with E-state index < -0.39 is 9.84 Å². The number of anilines is 1. The second-order valence-electron chi connectivity index (χ2n) is 4.22. The third-order valence-corrected chi connectivity index (χ3v) is 4.82. The van der Waals surface area contributed by atoms with E-state index in [1.165, 1.54) is 0 Å². The predicted octanol–water partition coefficient (Wildman–Crippen LogP) is 3.74. The van der Waals surface area contributed by atoms with Crippen LogP contribution in [0.1, 0.15) is 0 Å². The average Bonchev–Trinajstić information content (AvgIpc) is 2.47. The lowest BCUT2D eigenvalue weighted by atomic mass is 10.3. The van der Waals surface area contributed by atoms with Gasteiger partial charge in [-0.05, 0) is 36.4 Å². The molecule has 0 atom stereocenters. The van der Waals surface area contributed by atoms with Crippen molar-refractivity contribution in [2.45, 2.75) is 4.90 Å². The van der Waals surface area contributed by atoms with Crippen molar-refractivity contribution in [2.75, 3.05) is 11.9 Å². The zero-order valence-electron chi connectivity index (χ0n) is 10.7. The van der Waals surface area contributed by atoms with E-state index in [0.29, 0.717) is 5.02 Å². The highest BCUT2D eigenvalue weighted by Crippen LogP contribution is 2.19. The molecule has 0 aliphatic rings. The van der Waals surface area contributed by atoms with Crippen molar-refractivity contribution in [1.29, 1.82) is 0 Å². The van der Waals surface area contributed by atoms with Crippen molar-refractivity contribution in [3.63, 3.8) is 0 Å². The summed E-state index contributed by atoms with van der Waals surface area (Å²) >= 11 is 5.79. The molecule has 1 N–H and O–H groups in total. The van der Waals surface area contributed by atoms with Crippen LogP contribution in [0, 0.1) is 0 Å². The Kier molecular flexibility index (Phi) is 4.47. The first kappa shape index (κ1) is 14.6. The van der Waals surface area contributed by atoms with Gasteiger partial charge >= 0.3 is 0 Å². The quantitative estimate of drug-likeness (QED) is 0.915. The molecule has 0 amide bonds. The molecule has 0 aromatic heterocycles. The fourth-order valence-electron chi connectivity index (χ4n) is 1.63. The zero-order valence-corrected chi connectivity index (χ0v) is 12.3. The molecule has 0 fully saturated rings. The van der Waals surface area contributed by atoms with Gasteiger partial charge in [-0.2, -0.15) is 0 Å². The smallest absolute Gasteiger partial charge is 0.203 e. The predicted molar refractivity (Wildman–Crippen MR) is 82.7 cm³/mol. The molecule has 104 valence electrons. The Morgan fingerprint density at radius 2 is 1.65 bits per heavy atom. The van der Waals surface area contributed by atoms with Gasteiger partial charge in [0.1, 0.15) is 0 Å². The Morgan fingerprint density at radius 3 is 2.25 bits per heavy atom. The van der Waals surface area contributed by atoms with Crippen LogP contribution in [0.3, 0.4) is 0 Å². The van der Waals surface area contributed by atoms with Crippen LogP contribution in [0.4, 0.5) is 5.69 Å². The zero-order chi connectivity index (χ0) is 14.6. The molecule has 0 aliphatic carbocycles. The summed E-state index contributed by atoms with van der Waals surface area (Å²) in [5.41, 5.74) is 0.791. The molecule has 2 aromatic rings. The molecule has 0 saturated carbocycles. The molecule has 5 heteroatoms. The molecular formula is C15H14ClNO2S. The van der Waals surface area contributed by atoms with E-state index in [1.807, 2.05) is 0 Å². The van der Waals surface area contributed by atoms with Crippen molar-refractivity contribution >= 4 is 27.1 Å². The summed E-state index contributed by atoms with van der Waals surface area (Å²) in [5.74, 6) is 0. The van der Waals surface area contributed by atoms with Crippen LogP contribution >= 0.6 is 11.6 Å². The molecule has 2 rings (SSSR count). The van der Waals surface area contributed by atoms with Crippen LogP contribution in [0.25, 0.3) is 0 Å². The highest BCUT2D eigenvalue weighted by Gasteiger charge is 2.17. The largest absolute Gasteiger partial charge is 0.380 e. The fourth-order valence-corrected chi connectivity index (χ4v) is 2.87. The maximum absolute atomic E-state index is 12.2. The van der Waals surface area contributed by atoms with Crippen LogP contribution < -0.4 is 5.32 Å². The minimum absolute atomic E-state index is 0.124. The second kappa shape index (κ2) is 6.11. The van der Waals surface area contributed by atoms with Crippen molar-refractivity contribution in [2.24, 2.45) is 0 Å². The lowest BCUT2D eigenvalue weighted by Gasteiger charge is -2.10. The first-order valence-electron chi connectivity index (χ1n) is 5.97. The number of nitrogens with one attached hydrogen (secondary N) is 1. The Bertz CT molecular complexity index is 694. The molecule has 0 heterocycles. The summed E-state index contributed by atoms with van der Waals surface area (Å²) in [5, 5.41) is 3.64. The highest BCUT2D eigenvalue weighted by atomic mass is 35.5. The summed E-state index contributed by atoms with van der Waals surface area (Å²) in [6.45, 7) is 3.81. The SMILES string of the molecule is C=C(CNc1ccc(Cl)cc1)S(=O)(=O)c1ccccc1. The van der Waals surface area contributed by atoms with E-state index in [4.69, 9.17) is 11.6 Å². The summed E-state index contributed by atoms with van der Waals surface area (Å²) in [6, 6.07) is 15.3. The van der Waals surface area contributed by atoms with E-state index in [9.17, 15) is 8.42 Å². The van der Waals surface area contributed by atoms with Crippen LogP contribution in [0.2, 0.25) is 5.02 Å². The lowest BCUT2D eigenvalue weighted by Crippen LogP contribution is -2.13. The normalized spacial score (nSPS) is 11.1. The standard InChI is InChI=1S/C15H14ClNO2S/c1-12(11-17-14-9-7-13(16)8-10-14)20(18,19)15-5-3-2-4-6-15/h2-10,17H,1,11H2. The average molecular weight is 308 g/mol. The number of benzene rings is 2. The number of halogens is 1. The van der Waals surface area contributed by atoms with E-state index >= 15 is 0 Å². The van der Waals surface area contributed by atoms with Gasteiger partial charge in [0.2, 0.25) is 9.84 Å². The molecule has 0 spiro atoms. The van der Waals surface area contributed by atoms with Crippen LogP contribution in [0.15, 0.2) is 71.0 Å². The van der Waals surface area contributed by atoms with Gasteiger partial charge in [-0.25, -0.2) is 8.42 Å². The van der Waals surface area contributed by atoms with Crippen molar-refractivity contribution in [3.8, 4) is 0 Å². The number of hydrogen-bond acceptors (Lipinski definition) is 3. The van der Waals surface area contributed by atoms with E-state index in [0.717, 1.165) is 5.69 Å². The Labute approximate surface area is 123 Å². The topological polar surface area (TPSA) is 46.2 Å². The summed E-state index contributed by atoms with van der Waals surface area (Å²) in [4.78, 5) is 0.376. The number of hydrogen-bond donors (Lipinski definition) is 1. The molecule has 2 aromatic carbocycles. The number of rotatable bonds is 5. The Hall–Kier alpha value is -1.78. The van der Waals surface area contributed by atoms with Gasteiger partial charge in [-0.15, -0.1) is 0 Å². The van der Waals surface area contributed by atoms with Crippen molar-refractivity contribution < 1.29 is 8.42 Å². The first-order chi connectivity index (χ1) is 9.50. The molecule has 0 aliphatic heterocycles. The molecule has 0 radical (unpaired) electrons. The molecule has 0 bridgehead atoms. The van der Waals surface area contributed by atoms with Gasteiger partial charge in [0, 0.05) is 10.7 Å². The fraction of sp³-hybridized carbons (Fsp3) is 0.0667. The second-order valence-corrected chi connectivity index (χ2v) is 6.71. The van der Waals surface area contributed by atoms with Crippen LogP contribution in [-0.4, -0.2) is 15.0 Å². The minimum atomic E-state index is -3.50. The number of sulfone groups is 1. The maximum Gasteiger partial charge on any atom is 0.203 e. The Morgan fingerprint density at radius 1 is 1.05 bits per heavy atom. The summed E-state index contributed by atoms with van der Waals surface area (Å²) in [7, 11) is -3.50. The molecule has 0 unspecified atom stereocenters. The first-order valence-corrected chi connectivity index (χ1v) is 7.83. The summed E-state index contributed by atoms with van der Waals surface area (Å²) < 4.78 is 24.5. The molecule has 20 heavy (non-hydrogen) atoms.